The molecule has 106 valence electrons. The third-order valence-corrected chi connectivity index (χ3v) is 18.5. The average Bonchev–Trinajstić information content (AvgIpc) is 2.38. The number of rotatable bonds is 12. The second-order valence-corrected chi connectivity index (χ2v) is 18.4. The molecule has 0 aliphatic carbocycles. The van der Waals surface area contributed by atoms with E-state index in [0.717, 1.165) is 10.4 Å². The number of hydrogen-bond donors (Lipinski definition) is 0. The standard InChI is InChI=1S/C4H6O.3C4H9.Sn/c1-3-5-4-2;3*1-3-4-2;/h1H,4H2,2H3;3*1,3-4H2,2H3;/q+1;;;;. The van der Waals surface area contributed by atoms with E-state index in [1.54, 1.807) is 0 Å². The van der Waals surface area contributed by atoms with Gasteiger partial charge in [0.15, 0.2) is 0 Å². The first-order valence-corrected chi connectivity index (χ1v) is 15.4. The van der Waals surface area contributed by atoms with Crippen molar-refractivity contribution in [3.63, 3.8) is 0 Å². The number of ether oxygens (including phenoxy) is 1. The zero-order chi connectivity index (χ0) is 13.9. The van der Waals surface area contributed by atoms with E-state index in [2.05, 4.69) is 27.7 Å². The van der Waals surface area contributed by atoms with Crippen LogP contribution in [0.5, 0.6) is 0 Å². The van der Waals surface area contributed by atoms with Crippen LogP contribution in [0.25, 0.3) is 0 Å². The van der Waals surface area contributed by atoms with Crippen molar-refractivity contribution in [3.8, 4) is 0 Å². The fourth-order valence-corrected chi connectivity index (χ4v) is 17.0. The predicted molar refractivity (Wildman–Crippen MR) is 84.3 cm³/mol. The zero-order valence-electron chi connectivity index (χ0n) is 13.1. The van der Waals surface area contributed by atoms with Gasteiger partial charge in [-0.1, -0.05) is 0 Å². The van der Waals surface area contributed by atoms with Crippen LogP contribution >= 0.6 is 0 Å². The molecule has 18 heavy (non-hydrogen) atoms. The van der Waals surface area contributed by atoms with Crippen molar-refractivity contribution in [1.29, 1.82) is 0 Å². The van der Waals surface area contributed by atoms with E-state index in [4.69, 9.17) is 11.3 Å². The molecule has 0 radical (unpaired) electrons. The topological polar surface area (TPSA) is 9.23 Å². The maximum atomic E-state index is 6.37. The van der Waals surface area contributed by atoms with E-state index in [0.29, 0.717) is 0 Å². The molecule has 0 saturated carbocycles. The van der Waals surface area contributed by atoms with Gasteiger partial charge in [0.1, 0.15) is 0 Å². The summed E-state index contributed by atoms with van der Waals surface area (Å²) in [6, 6.07) is 0. The van der Waals surface area contributed by atoms with E-state index in [9.17, 15) is 0 Å². The molecule has 0 rings (SSSR count). The summed E-state index contributed by atoms with van der Waals surface area (Å²) in [5, 5.41) is 0. The molecule has 0 unspecified atom stereocenters. The Morgan fingerprint density at radius 3 is 1.50 bits per heavy atom. The van der Waals surface area contributed by atoms with Gasteiger partial charge in [-0.25, -0.2) is 0 Å². The summed E-state index contributed by atoms with van der Waals surface area (Å²) in [5.74, 6) is 0. The van der Waals surface area contributed by atoms with Crippen LogP contribution in [0.3, 0.4) is 0 Å². The van der Waals surface area contributed by atoms with Crippen molar-refractivity contribution in [2.75, 3.05) is 6.61 Å². The van der Waals surface area contributed by atoms with Gasteiger partial charge >= 0.3 is 120 Å². The summed E-state index contributed by atoms with van der Waals surface area (Å²) >= 11 is -2.35. The van der Waals surface area contributed by atoms with E-state index in [1.165, 1.54) is 51.8 Å². The first kappa shape index (κ1) is 18.2. The predicted octanol–water partition coefficient (Wildman–Crippen LogP) is 5.73. The van der Waals surface area contributed by atoms with Crippen LogP contribution in [0.1, 0.15) is 66.2 Å². The number of hydrogen-bond acceptors (Lipinski definition) is 1. The molecule has 0 aliphatic rings. The van der Waals surface area contributed by atoms with Crippen LogP contribution in [0.4, 0.5) is 0 Å². The fraction of sp³-hybridized carbons (Fsp3) is 0.875. The van der Waals surface area contributed by atoms with Crippen LogP contribution in [0.15, 0.2) is 3.78 Å². The van der Waals surface area contributed by atoms with Gasteiger partial charge in [-0.05, 0) is 0 Å². The first-order valence-electron chi connectivity index (χ1n) is 7.92. The minimum absolute atomic E-state index is 0.745. The molecule has 0 bridgehead atoms. The first-order chi connectivity index (χ1) is 8.66. The summed E-state index contributed by atoms with van der Waals surface area (Å²) < 4.78 is 11.0. The maximum absolute atomic E-state index is 6.37. The van der Waals surface area contributed by atoms with E-state index < -0.39 is 18.4 Å². The molecule has 0 aliphatic heterocycles. The fourth-order valence-electron chi connectivity index (χ4n) is 2.60. The van der Waals surface area contributed by atoms with Crippen LogP contribution in [-0.2, 0) is 4.74 Å². The van der Waals surface area contributed by atoms with E-state index >= 15 is 0 Å². The number of unbranched alkanes of at least 4 members (excludes halogenated alkanes) is 3. The van der Waals surface area contributed by atoms with Gasteiger partial charge < -0.3 is 0 Å². The molecule has 2 heteroatoms. The summed E-state index contributed by atoms with van der Waals surface area (Å²) in [6.45, 7) is 16.0. The van der Waals surface area contributed by atoms with Crippen LogP contribution in [-0.4, -0.2) is 25.0 Å². The normalized spacial score (nSPS) is 11.5. The van der Waals surface area contributed by atoms with Gasteiger partial charge in [-0.3, -0.25) is 0 Å². The Hall–Kier alpha value is 0.249. The van der Waals surface area contributed by atoms with Gasteiger partial charge in [0.25, 0.3) is 0 Å². The van der Waals surface area contributed by atoms with Crippen molar-refractivity contribution in [1.82, 2.24) is 0 Å². The molecule has 0 aromatic rings. The quantitative estimate of drug-likeness (QED) is 0.245. The van der Waals surface area contributed by atoms with E-state index in [1.807, 2.05) is 0 Å². The van der Waals surface area contributed by atoms with Crippen molar-refractivity contribution in [3.05, 3.63) is 10.4 Å². The van der Waals surface area contributed by atoms with Crippen molar-refractivity contribution >= 4 is 18.4 Å². The van der Waals surface area contributed by atoms with Gasteiger partial charge in [-0.2, -0.15) is 0 Å². The summed E-state index contributed by atoms with van der Waals surface area (Å²) in [6.07, 6.45) is 7.90. The Morgan fingerprint density at radius 1 is 0.833 bits per heavy atom. The molecule has 1 nitrogen and oxygen atoms in total. The van der Waals surface area contributed by atoms with Crippen LogP contribution in [0.2, 0.25) is 13.3 Å². The van der Waals surface area contributed by atoms with Crippen molar-refractivity contribution in [2.45, 2.75) is 79.5 Å². The third-order valence-electron chi connectivity index (χ3n) is 3.85. The Morgan fingerprint density at radius 2 is 1.22 bits per heavy atom. The van der Waals surface area contributed by atoms with Gasteiger partial charge in [0, 0.05) is 0 Å². The van der Waals surface area contributed by atoms with Gasteiger partial charge in [-0.15, -0.1) is 0 Å². The molecule has 0 heterocycles. The molecule has 0 saturated heterocycles. The molecule has 0 aromatic carbocycles. The average molecular weight is 360 g/mol. The Balaban J connectivity index is 4.78. The Kier molecular flexibility index (Phi) is 11.3. The summed E-state index contributed by atoms with van der Waals surface area (Å²) in [7, 11) is 0. The van der Waals surface area contributed by atoms with Gasteiger partial charge in [0.05, 0.1) is 0 Å². The zero-order valence-corrected chi connectivity index (χ0v) is 15.9. The van der Waals surface area contributed by atoms with Crippen LogP contribution in [0, 0.1) is 6.58 Å². The molecule has 0 fully saturated rings. The summed E-state index contributed by atoms with van der Waals surface area (Å²) in [5.41, 5.74) is 0. The van der Waals surface area contributed by atoms with Crippen molar-refractivity contribution in [2.24, 2.45) is 0 Å². The Bertz CT molecular complexity index is 191. The monoisotopic (exact) mass is 361 g/mol. The third kappa shape index (κ3) is 6.43. The molecule has 0 amide bonds. The summed E-state index contributed by atoms with van der Waals surface area (Å²) in [4.78, 5) is 0. The molecule has 0 atom stereocenters. The van der Waals surface area contributed by atoms with Crippen LogP contribution < -0.4 is 0 Å². The second-order valence-electron chi connectivity index (χ2n) is 5.39. The SMILES string of the molecule is [CH+]=[C](OCC)[Sn]([CH2]CCC)([CH2]CCC)[CH2]CCC. The Labute approximate surface area is 119 Å². The molecule has 0 N–H and O–H groups in total. The van der Waals surface area contributed by atoms with E-state index in [-0.39, 0.29) is 0 Å². The molecular formula is C16H33OSn+. The van der Waals surface area contributed by atoms with Gasteiger partial charge in [0.2, 0.25) is 0 Å². The molecular weight excluding hydrogens is 327 g/mol. The minimum atomic E-state index is -2.35. The van der Waals surface area contributed by atoms with Crippen molar-refractivity contribution < 1.29 is 4.74 Å². The molecule has 0 aromatic heterocycles. The second kappa shape index (κ2) is 11.1. The molecule has 0 spiro atoms.